The molecule has 8 heteroatoms. The van der Waals surface area contributed by atoms with Crippen LogP contribution in [0, 0.1) is 5.95 Å². The van der Waals surface area contributed by atoms with Crippen molar-refractivity contribution in [1.29, 1.82) is 0 Å². The van der Waals surface area contributed by atoms with E-state index in [4.69, 9.17) is 0 Å². The number of carbonyl (C=O) groups excluding carboxylic acids is 1. The summed E-state index contributed by atoms with van der Waals surface area (Å²) >= 11 is 0. The van der Waals surface area contributed by atoms with E-state index in [1.807, 2.05) is 0 Å². The highest BCUT2D eigenvalue weighted by molar-refractivity contribution is 5.93. The van der Waals surface area contributed by atoms with Crippen LogP contribution >= 0.6 is 0 Å². The molecule has 1 aromatic rings. The van der Waals surface area contributed by atoms with Crippen LogP contribution < -0.4 is 5.32 Å². The molecule has 0 unspecified atom stereocenters. The Labute approximate surface area is 100.0 Å². The molecule has 1 N–H and O–H groups in total. The predicted octanol–water partition coefficient (Wildman–Crippen LogP) is 1.53. The number of hydrogen-bond donors (Lipinski definition) is 1. The molecule has 0 spiro atoms. The van der Waals surface area contributed by atoms with Crippen LogP contribution in [0.3, 0.4) is 0 Å². The van der Waals surface area contributed by atoms with Gasteiger partial charge in [-0.15, -0.1) is 0 Å². The molecule has 0 bridgehead atoms. The van der Waals surface area contributed by atoms with Crippen molar-refractivity contribution in [3.63, 3.8) is 0 Å². The number of pyridine rings is 1. The van der Waals surface area contributed by atoms with Crippen LogP contribution in [0.5, 0.6) is 0 Å². The Morgan fingerprint density at radius 1 is 1.39 bits per heavy atom. The molecule has 0 aliphatic rings. The fourth-order valence-corrected chi connectivity index (χ4v) is 1.04. The highest BCUT2D eigenvalue weighted by Gasteiger charge is 2.27. The van der Waals surface area contributed by atoms with Crippen LogP contribution in [-0.2, 0) is 4.74 Å². The number of rotatable bonds is 5. The Morgan fingerprint density at radius 2 is 2.11 bits per heavy atom. The maximum absolute atomic E-state index is 12.4. The molecule has 0 saturated heterocycles. The fourth-order valence-electron chi connectivity index (χ4n) is 1.04. The fraction of sp³-hybridized carbons (Fsp3) is 0.400. The van der Waals surface area contributed by atoms with E-state index in [0.29, 0.717) is 0 Å². The molecular formula is C10H10F4N2O2. The number of nitrogens with zero attached hydrogens (tertiary/aromatic N) is 1. The lowest BCUT2D eigenvalue weighted by Crippen LogP contribution is -2.29. The second kappa shape index (κ2) is 6.29. The van der Waals surface area contributed by atoms with Crippen molar-refractivity contribution in [2.45, 2.75) is 6.18 Å². The highest BCUT2D eigenvalue weighted by atomic mass is 19.4. The lowest BCUT2D eigenvalue weighted by Gasteiger charge is -2.08. The minimum absolute atomic E-state index is 0.0771. The average molecular weight is 266 g/mol. The topological polar surface area (TPSA) is 51.2 Å². The van der Waals surface area contributed by atoms with E-state index in [0.717, 1.165) is 12.3 Å². The van der Waals surface area contributed by atoms with Gasteiger partial charge in [0.1, 0.15) is 6.61 Å². The van der Waals surface area contributed by atoms with E-state index in [1.165, 1.54) is 6.07 Å². The minimum atomic E-state index is -4.38. The van der Waals surface area contributed by atoms with E-state index in [-0.39, 0.29) is 18.7 Å². The summed E-state index contributed by atoms with van der Waals surface area (Å²) in [5.74, 6) is -1.28. The Morgan fingerprint density at radius 3 is 2.67 bits per heavy atom. The van der Waals surface area contributed by atoms with Crippen molar-refractivity contribution < 1.29 is 27.1 Å². The Bertz CT molecular complexity index is 392. The first-order chi connectivity index (χ1) is 8.38. The molecule has 0 saturated carbocycles. The number of alkyl halides is 3. The van der Waals surface area contributed by atoms with Crippen molar-refractivity contribution in [1.82, 2.24) is 10.3 Å². The van der Waals surface area contributed by atoms with Crippen LogP contribution in [0.25, 0.3) is 0 Å². The molecular weight excluding hydrogens is 256 g/mol. The van der Waals surface area contributed by atoms with Gasteiger partial charge >= 0.3 is 6.18 Å². The second-order valence-corrected chi connectivity index (χ2v) is 3.29. The number of nitrogens with one attached hydrogen (secondary N) is 1. The van der Waals surface area contributed by atoms with Gasteiger partial charge < -0.3 is 10.1 Å². The molecule has 1 heterocycles. The number of halogens is 4. The van der Waals surface area contributed by atoms with Crippen LogP contribution in [0.1, 0.15) is 10.4 Å². The number of carbonyl (C=O) groups is 1. The highest BCUT2D eigenvalue weighted by Crippen LogP contribution is 2.13. The van der Waals surface area contributed by atoms with Crippen LogP contribution in [-0.4, -0.2) is 36.8 Å². The van der Waals surface area contributed by atoms with Gasteiger partial charge in [-0.1, -0.05) is 0 Å². The van der Waals surface area contributed by atoms with E-state index < -0.39 is 24.6 Å². The van der Waals surface area contributed by atoms with Crippen LogP contribution in [0.15, 0.2) is 18.3 Å². The van der Waals surface area contributed by atoms with Gasteiger partial charge in [0.2, 0.25) is 5.95 Å². The zero-order valence-electron chi connectivity index (χ0n) is 9.13. The lowest BCUT2D eigenvalue weighted by atomic mass is 10.3. The van der Waals surface area contributed by atoms with Gasteiger partial charge in [0, 0.05) is 12.7 Å². The van der Waals surface area contributed by atoms with Crippen molar-refractivity contribution >= 4 is 5.91 Å². The number of ether oxygens (including phenoxy) is 1. The third-order valence-electron chi connectivity index (χ3n) is 1.79. The van der Waals surface area contributed by atoms with Crippen molar-refractivity contribution in [2.75, 3.05) is 19.8 Å². The number of aromatic nitrogens is 1. The molecule has 1 aromatic heterocycles. The SMILES string of the molecule is O=C(NCCOCC(F)(F)F)c1ccc(F)nc1. The zero-order chi connectivity index (χ0) is 13.6. The molecule has 1 amide bonds. The summed E-state index contributed by atoms with van der Waals surface area (Å²) in [6.45, 7) is -1.70. The summed E-state index contributed by atoms with van der Waals surface area (Å²) in [5.41, 5.74) is 0.118. The van der Waals surface area contributed by atoms with Gasteiger partial charge in [-0.05, 0) is 12.1 Å². The van der Waals surface area contributed by atoms with E-state index >= 15 is 0 Å². The van der Waals surface area contributed by atoms with E-state index in [1.54, 1.807) is 0 Å². The summed E-state index contributed by atoms with van der Waals surface area (Å²) in [6, 6.07) is 2.23. The standard InChI is InChI=1S/C10H10F4N2O2/c11-8-2-1-7(5-16-8)9(17)15-3-4-18-6-10(12,13)14/h1-2,5H,3-4,6H2,(H,15,17). The molecule has 0 fully saturated rings. The second-order valence-electron chi connectivity index (χ2n) is 3.29. The van der Waals surface area contributed by atoms with Gasteiger partial charge in [-0.3, -0.25) is 4.79 Å². The maximum atomic E-state index is 12.4. The Kier molecular flexibility index (Phi) is 5.02. The number of hydrogen-bond acceptors (Lipinski definition) is 3. The van der Waals surface area contributed by atoms with Crippen molar-refractivity contribution in [2.24, 2.45) is 0 Å². The van der Waals surface area contributed by atoms with Gasteiger partial charge in [0.25, 0.3) is 5.91 Å². The summed E-state index contributed by atoms with van der Waals surface area (Å²) in [7, 11) is 0. The van der Waals surface area contributed by atoms with Gasteiger partial charge in [-0.2, -0.15) is 17.6 Å². The first-order valence-corrected chi connectivity index (χ1v) is 4.93. The Balaban J connectivity index is 2.24. The zero-order valence-corrected chi connectivity index (χ0v) is 9.13. The smallest absolute Gasteiger partial charge is 0.370 e. The van der Waals surface area contributed by atoms with E-state index in [9.17, 15) is 22.4 Å². The molecule has 0 aliphatic carbocycles. The summed E-state index contributed by atoms with van der Waals surface area (Å²) in [6.07, 6.45) is -3.36. The molecule has 0 radical (unpaired) electrons. The van der Waals surface area contributed by atoms with Crippen molar-refractivity contribution in [3.8, 4) is 0 Å². The molecule has 100 valence electrons. The molecule has 1 rings (SSSR count). The normalized spacial score (nSPS) is 11.3. The molecule has 4 nitrogen and oxygen atoms in total. The maximum Gasteiger partial charge on any atom is 0.411 e. The van der Waals surface area contributed by atoms with Crippen molar-refractivity contribution in [3.05, 3.63) is 29.8 Å². The van der Waals surface area contributed by atoms with Crippen LogP contribution in [0.2, 0.25) is 0 Å². The Hall–Kier alpha value is -1.70. The third-order valence-corrected chi connectivity index (χ3v) is 1.79. The molecule has 0 aliphatic heterocycles. The lowest BCUT2D eigenvalue weighted by molar-refractivity contribution is -0.173. The van der Waals surface area contributed by atoms with Gasteiger partial charge in [0.15, 0.2) is 0 Å². The molecule has 0 aromatic carbocycles. The third kappa shape index (κ3) is 5.58. The quantitative estimate of drug-likeness (QED) is 0.499. The first-order valence-electron chi connectivity index (χ1n) is 4.93. The largest absolute Gasteiger partial charge is 0.411 e. The summed E-state index contributed by atoms with van der Waals surface area (Å²) in [5, 5.41) is 2.31. The van der Waals surface area contributed by atoms with E-state index in [2.05, 4.69) is 15.0 Å². The number of amides is 1. The minimum Gasteiger partial charge on any atom is -0.370 e. The van der Waals surface area contributed by atoms with Gasteiger partial charge in [-0.25, -0.2) is 4.98 Å². The van der Waals surface area contributed by atoms with Crippen LogP contribution in [0.4, 0.5) is 17.6 Å². The summed E-state index contributed by atoms with van der Waals surface area (Å²) < 4.78 is 51.8. The first kappa shape index (κ1) is 14.4. The predicted molar refractivity (Wildman–Crippen MR) is 53.4 cm³/mol. The average Bonchev–Trinajstić information content (AvgIpc) is 2.27. The molecule has 18 heavy (non-hydrogen) atoms. The summed E-state index contributed by atoms with van der Waals surface area (Å²) in [4.78, 5) is 14.6. The molecule has 0 atom stereocenters. The monoisotopic (exact) mass is 266 g/mol. The van der Waals surface area contributed by atoms with Gasteiger partial charge in [0.05, 0.1) is 12.2 Å².